The zero-order chi connectivity index (χ0) is 21.8. The first-order chi connectivity index (χ1) is 14.1. The van der Waals surface area contributed by atoms with Gasteiger partial charge < -0.3 is 10.6 Å². The van der Waals surface area contributed by atoms with Crippen LogP contribution in [0.5, 0.6) is 0 Å². The molecule has 0 radical (unpaired) electrons. The Hall–Kier alpha value is -2.06. The number of benzene rings is 2. The van der Waals surface area contributed by atoms with E-state index in [1.807, 2.05) is 0 Å². The Bertz CT molecular complexity index is 727. The van der Waals surface area contributed by atoms with Crippen LogP contribution in [-0.2, 0) is 25.4 Å². The molecule has 1 aliphatic carbocycles. The standard InChI is InChI=1S/C22H24F6N2/c23-21(24,25)17-9-5-15(6-10-17)13-29-19-3-1-2-4-20(19)30-14-16-7-11-18(12-8-16)22(26,27)28/h5-12,19-20,29-30H,1-4,13-14H2/t19-,20-/m1/s1. The Balaban J connectivity index is 1.53. The van der Waals surface area contributed by atoms with Crippen molar-refractivity contribution in [1.29, 1.82) is 0 Å². The maximum atomic E-state index is 12.7. The molecule has 0 aromatic heterocycles. The lowest BCUT2D eigenvalue weighted by Gasteiger charge is -2.33. The highest BCUT2D eigenvalue weighted by atomic mass is 19.4. The third kappa shape index (κ3) is 6.22. The van der Waals surface area contributed by atoms with E-state index < -0.39 is 23.5 Å². The van der Waals surface area contributed by atoms with E-state index in [9.17, 15) is 26.3 Å². The zero-order valence-corrected chi connectivity index (χ0v) is 16.3. The molecule has 30 heavy (non-hydrogen) atoms. The predicted molar refractivity (Wildman–Crippen MR) is 103 cm³/mol. The highest BCUT2D eigenvalue weighted by Crippen LogP contribution is 2.30. The molecule has 0 saturated heterocycles. The minimum absolute atomic E-state index is 0.149. The lowest BCUT2D eigenvalue weighted by atomic mass is 9.90. The molecular formula is C22H24F6N2. The van der Waals surface area contributed by atoms with Gasteiger partial charge in [0.15, 0.2) is 0 Å². The summed E-state index contributed by atoms with van der Waals surface area (Å²) in [6, 6.07) is 10.5. The molecule has 8 heteroatoms. The topological polar surface area (TPSA) is 24.1 Å². The molecule has 2 atom stereocenters. The van der Waals surface area contributed by atoms with Crippen LogP contribution in [0, 0.1) is 0 Å². The van der Waals surface area contributed by atoms with Crippen molar-refractivity contribution in [2.24, 2.45) is 0 Å². The van der Waals surface area contributed by atoms with Gasteiger partial charge in [0, 0.05) is 25.2 Å². The van der Waals surface area contributed by atoms with Crippen LogP contribution in [0.25, 0.3) is 0 Å². The van der Waals surface area contributed by atoms with Gasteiger partial charge in [-0.3, -0.25) is 0 Å². The average molecular weight is 430 g/mol. The van der Waals surface area contributed by atoms with Crippen molar-refractivity contribution in [3.63, 3.8) is 0 Å². The van der Waals surface area contributed by atoms with E-state index in [0.29, 0.717) is 13.1 Å². The molecule has 164 valence electrons. The SMILES string of the molecule is FC(F)(F)c1ccc(CN[C@@H]2CCCC[C@H]2NCc2ccc(C(F)(F)F)cc2)cc1. The second-order valence-electron chi connectivity index (χ2n) is 7.65. The molecule has 1 aliphatic rings. The fourth-order valence-corrected chi connectivity index (χ4v) is 3.74. The number of nitrogens with one attached hydrogen (secondary N) is 2. The van der Waals surface area contributed by atoms with Crippen molar-refractivity contribution in [1.82, 2.24) is 10.6 Å². The van der Waals surface area contributed by atoms with Crippen LogP contribution < -0.4 is 10.6 Å². The van der Waals surface area contributed by atoms with Crippen molar-refractivity contribution < 1.29 is 26.3 Å². The third-order valence-corrected chi connectivity index (χ3v) is 5.47. The van der Waals surface area contributed by atoms with E-state index >= 15 is 0 Å². The van der Waals surface area contributed by atoms with Crippen molar-refractivity contribution in [2.75, 3.05) is 0 Å². The maximum absolute atomic E-state index is 12.7. The van der Waals surface area contributed by atoms with Crippen LogP contribution in [-0.4, -0.2) is 12.1 Å². The molecule has 1 saturated carbocycles. The largest absolute Gasteiger partial charge is 0.416 e. The second-order valence-corrected chi connectivity index (χ2v) is 7.65. The molecule has 2 N–H and O–H groups in total. The van der Waals surface area contributed by atoms with Gasteiger partial charge in [-0.25, -0.2) is 0 Å². The van der Waals surface area contributed by atoms with E-state index in [1.54, 1.807) is 0 Å². The normalized spacial score (nSPS) is 20.3. The Morgan fingerprint density at radius 2 is 0.933 bits per heavy atom. The molecule has 0 aliphatic heterocycles. The smallest absolute Gasteiger partial charge is 0.308 e. The van der Waals surface area contributed by atoms with Gasteiger partial charge in [-0.05, 0) is 48.2 Å². The van der Waals surface area contributed by atoms with Gasteiger partial charge in [0.2, 0.25) is 0 Å². The van der Waals surface area contributed by atoms with Crippen LogP contribution in [0.15, 0.2) is 48.5 Å². The molecule has 1 fully saturated rings. The fraction of sp³-hybridized carbons (Fsp3) is 0.455. The molecule has 2 aromatic rings. The summed E-state index contributed by atoms with van der Waals surface area (Å²) in [5.41, 5.74) is 0.213. The van der Waals surface area contributed by atoms with E-state index in [0.717, 1.165) is 61.1 Å². The van der Waals surface area contributed by atoms with Crippen LogP contribution in [0.2, 0.25) is 0 Å². The lowest BCUT2D eigenvalue weighted by molar-refractivity contribution is -0.138. The zero-order valence-electron chi connectivity index (χ0n) is 16.3. The Kier molecular flexibility index (Phi) is 7.08. The summed E-state index contributed by atoms with van der Waals surface area (Å²) >= 11 is 0. The quantitative estimate of drug-likeness (QED) is 0.557. The first-order valence-corrected chi connectivity index (χ1v) is 9.92. The van der Waals surface area contributed by atoms with E-state index in [4.69, 9.17) is 0 Å². The monoisotopic (exact) mass is 430 g/mol. The third-order valence-electron chi connectivity index (χ3n) is 5.47. The highest BCUT2D eigenvalue weighted by Gasteiger charge is 2.31. The van der Waals surface area contributed by atoms with Crippen LogP contribution in [0.4, 0.5) is 26.3 Å². The summed E-state index contributed by atoms with van der Waals surface area (Å²) in [7, 11) is 0. The summed E-state index contributed by atoms with van der Waals surface area (Å²) < 4.78 is 76.0. The van der Waals surface area contributed by atoms with Gasteiger partial charge in [0.05, 0.1) is 11.1 Å². The fourth-order valence-electron chi connectivity index (χ4n) is 3.74. The number of hydrogen-bond donors (Lipinski definition) is 2. The average Bonchev–Trinajstić information content (AvgIpc) is 2.70. The Morgan fingerprint density at radius 3 is 1.23 bits per heavy atom. The van der Waals surface area contributed by atoms with Crippen molar-refractivity contribution >= 4 is 0 Å². The number of rotatable bonds is 6. The molecule has 3 rings (SSSR count). The molecule has 2 nitrogen and oxygen atoms in total. The number of halogens is 6. The molecular weight excluding hydrogens is 406 g/mol. The van der Waals surface area contributed by atoms with Crippen LogP contribution in [0.1, 0.15) is 47.9 Å². The van der Waals surface area contributed by atoms with E-state index in [-0.39, 0.29) is 12.1 Å². The Labute approximate surface area is 171 Å². The van der Waals surface area contributed by atoms with E-state index in [2.05, 4.69) is 10.6 Å². The summed E-state index contributed by atoms with van der Waals surface area (Å²) in [5, 5.41) is 6.84. The van der Waals surface area contributed by atoms with Gasteiger partial charge in [0.1, 0.15) is 0 Å². The molecule has 0 bridgehead atoms. The van der Waals surface area contributed by atoms with Crippen molar-refractivity contribution in [2.45, 2.75) is 63.2 Å². The van der Waals surface area contributed by atoms with Crippen LogP contribution >= 0.6 is 0 Å². The first kappa shape index (κ1) is 22.6. The summed E-state index contributed by atoms with van der Waals surface area (Å²) in [5.74, 6) is 0. The minimum Gasteiger partial charge on any atom is -0.308 e. The molecule has 0 spiro atoms. The maximum Gasteiger partial charge on any atom is 0.416 e. The van der Waals surface area contributed by atoms with Crippen LogP contribution in [0.3, 0.4) is 0 Å². The molecule has 0 amide bonds. The second kappa shape index (κ2) is 9.39. The van der Waals surface area contributed by atoms with Crippen molar-refractivity contribution in [3.8, 4) is 0 Å². The lowest BCUT2D eigenvalue weighted by Crippen LogP contribution is -2.49. The summed E-state index contributed by atoms with van der Waals surface area (Å²) in [6.45, 7) is 0.919. The van der Waals surface area contributed by atoms with Gasteiger partial charge in [0.25, 0.3) is 0 Å². The molecule has 0 unspecified atom stereocenters. The van der Waals surface area contributed by atoms with Crippen molar-refractivity contribution in [3.05, 3.63) is 70.8 Å². The number of alkyl halides is 6. The van der Waals surface area contributed by atoms with Gasteiger partial charge >= 0.3 is 12.4 Å². The number of hydrogen-bond acceptors (Lipinski definition) is 2. The van der Waals surface area contributed by atoms with Gasteiger partial charge in [-0.2, -0.15) is 26.3 Å². The minimum atomic E-state index is -4.34. The predicted octanol–water partition coefficient (Wildman–Crippen LogP) is 5.91. The molecule has 2 aromatic carbocycles. The summed E-state index contributed by atoms with van der Waals surface area (Å²) in [6.07, 6.45) is -4.70. The molecule has 0 heterocycles. The van der Waals surface area contributed by atoms with Gasteiger partial charge in [-0.15, -0.1) is 0 Å². The Morgan fingerprint density at radius 1 is 0.600 bits per heavy atom. The van der Waals surface area contributed by atoms with E-state index in [1.165, 1.54) is 24.3 Å². The summed E-state index contributed by atoms with van der Waals surface area (Å²) in [4.78, 5) is 0. The van der Waals surface area contributed by atoms with Gasteiger partial charge in [-0.1, -0.05) is 37.1 Å². The highest BCUT2D eigenvalue weighted by molar-refractivity contribution is 5.25. The first-order valence-electron chi connectivity index (χ1n) is 9.92.